The molecule has 0 fully saturated rings. The fraction of sp³-hybridized carbons (Fsp3) is 0.0417. The van der Waals surface area contributed by atoms with Crippen LogP contribution in [0.4, 0.5) is 0 Å². The third-order valence-corrected chi connectivity index (χ3v) is 5.48. The number of nitrogens with one attached hydrogen (secondary N) is 3. The number of aromatic nitrogens is 2. The zero-order chi connectivity index (χ0) is 24.1. The highest BCUT2D eigenvalue weighted by molar-refractivity contribution is 6.36. The lowest BCUT2D eigenvalue weighted by molar-refractivity contribution is -0.123. The number of amides is 2. The Morgan fingerprint density at radius 2 is 1.68 bits per heavy atom. The zero-order valence-electron chi connectivity index (χ0n) is 17.5. The predicted molar refractivity (Wildman–Crippen MR) is 131 cm³/mol. The number of carbonyl (C=O) groups is 2. The lowest BCUT2D eigenvalue weighted by atomic mass is 10.0. The van der Waals surface area contributed by atoms with E-state index in [1.54, 1.807) is 72.8 Å². The van der Waals surface area contributed by atoms with Gasteiger partial charge < -0.3 is 5.32 Å². The number of hydrogen-bond acceptors (Lipinski definition) is 5. The van der Waals surface area contributed by atoms with E-state index in [4.69, 9.17) is 23.2 Å². The number of halogens is 2. The second kappa shape index (κ2) is 10.3. The summed E-state index contributed by atoms with van der Waals surface area (Å²) in [7, 11) is 0. The van der Waals surface area contributed by atoms with Crippen LogP contribution in [-0.2, 0) is 4.79 Å². The summed E-state index contributed by atoms with van der Waals surface area (Å²) in [6, 6.07) is 18.6. The van der Waals surface area contributed by atoms with Crippen molar-refractivity contribution < 1.29 is 9.59 Å². The minimum Gasteiger partial charge on any atom is -0.335 e. The van der Waals surface area contributed by atoms with Crippen molar-refractivity contribution in [1.82, 2.24) is 20.9 Å². The van der Waals surface area contributed by atoms with Crippen molar-refractivity contribution in [2.45, 2.75) is 6.04 Å². The molecule has 4 rings (SSSR count). The van der Waals surface area contributed by atoms with Gasteiger partial charge in [-0.05, 0) is 30.3 Å². The zero-order valence-corrected chi connectivity index (χ0v) is 19.0. The molecule has 8 nitrogen and oxygen atoms in total. The maximum absolute atomic E-state index is 13.1. The summed E-state index contributed by atoms with van der Waals surface area (Å²) in [5.74, 6) is -1.17. The fourth-order valence-electron chi connectivity index (χ4n) is 3.25. The van der Waals surface area contributed by atoms with E-state index >= 15 is 0 Å². The van der Waals surface area contributed by atoms with Crippen LogP contribution >= 0.6 is 23.2 Å². The Kier molecular flexibility index (Phi) is 7.01. The summed E-state index contributed by atoms with van der Waals surface area (Å²) in [5.41, 5.74) is 3.03. The highest BCUT2D eigenvalue weighted by Crippen LogP contribution is 2.21. The van der Waals surface area contributed by atoms with Gasteiger partial charge >= 0.3 is 0 Å². The Hall–Kier alpha value is -4.01. The van der Waals surface area contributed by atoms with Crippen LogP contribution < -0.4 is 16.3 Å². The third-order valence-electron chi connectivity index (χ3n) is 4.91. The maximum Gasteiger partial charge on any atom is 0.272 e. The number of benzene rings is 3. The van der Waals surface area contributed by atoms with Gasteiger partial charge in [0, 0.05) is 21.5 Å². The number of rotatable bonds is 6. The van der Waals surface area contributed by atoms with Crippen molar-refractivity contribution in [3.63, 3.8) is 0 Å². The monoisotopic (exact) mass is 493 g/mol. The van der Waals surface area contributed by atoms with E-state index in [1.807, 2.05) is 0 Å². The number of H-pyrrole nitrogens is 1. The fourth-order valence-corrected chi connectivity index (χ4v) is 3.71. The summed E-state index contributed by atoms with van der Waals surface area (Å²) in [5, 5.41) is 14.6. The summed E-state index contributed by atoms with van der Waals surface area (Å²) < 4.78 is 0. The molecule has 170 valence electrons. The van der Waals surface area contributed by atoms with Crippen molar-refractivity contribution in [2.24, 2.45) is 5.10 Å². The van der Waals surface area contributed by atoms with Crippen LogP contribution in [0.3, 0.4) is 0 Å². The summed E-state index contributed by atoms with van der Waals surface area (Å²) in [6.45, 7) is 0. The molecule has 3 N–H and O–H groups in total. The SMILES string of the molecule is O=C(NC(C(=O)N/N=C/c1ccc(Cl)cc1Cl)c1n[nH]c(=O)c2ccccc12)c1ccccc1. The van der Waals surface area contributed by atoms with Crippen molar-refractivity contribution in [2.75, 3.05) is 0 Å². The van der Waals surface area contributed by atoms with Crippen molar-refractivity contribution in [1.29, 1.82) is 0 Å². The predicted octanol–water partition coefficient (Wildman–Crippen LogP) is 3.85. The molecular formula is C24H17Cl2N5O3. The Morgan fingerprint density at radius 3 is 2.41 bits per heavy atom. The first-order chi connectivity index (χ1) is 16.4. The van der Waals surface area contributed by atoms with Crippen molar-refractivity contribution in [3.05, 3.63) is 110 Å². The number of fused-ring (bicyclic) bond motifs is 1. The molecule has 0 aliphatic heterocycles. The molecule has 0 saturated carbocycles. The largest absolute Gasteiger partial charge is 0.335 e. The van der Waals surface area contributed by atoms with Crippen LogP contribution in [0.5, 0.6) is 0 Å². The van der Waals surface area contributed by atoms with Crippen LogP contribution in [0.15, 0.2) is 82.7 Å². The molecular weight excluding hydrogens is 477 g/mol. The van der Waals surface area contributed by atoms with Gasteiger partial charge in [0.25, 0.3) is 17.4 Å². The van der Waals surface area contributed by atoms with E-state index in [9.17, 15) is 14.4 Å². The molecule has 4 aromatic rings. The molecule has 0 spiro atoms. The summed E-state index contributed by atoms with van der Waals surface area (Å²) in [4.78, 5) is 38.2. The Bertz CT molecular complexity index is 1450. The van der Waals surface area contributed by atoms with Gasteiger partial charge in [0.2, 0.25) is 0 Å². The Labute approximate surface area is 203 Å². The molecule has 34 heavy (non-hydrogen) atoms. The van der Waals surface area contributed by atoms with Gasteiger partial charge in [0.05, 0.1) is 16.6 Å². The van der Waals surface area contributed by atoms with Gasteiger partial charge in [-0.1, -0.05) is 65.7 Å². The molecule has 2 amide bonds. The lowest BCUT2D eigenvalue weighted by Crippen LogP contribution is -2.40. The van der Waals surface area contributed by atoms with E-state index in [0.717, 1.165) is 0 Å². The lowest BCUT2D eigenvalue weighted by Gasteiger charge is -2.18. The quantitative estimate of drug-likeness (QED) is 0.279. The topological polar surface area (TPSA) is 116 Å². The number of carbonyl (C=O) groups excluding carboxylic acids is 2. The molecule has 1 unspecified atom stereocenters. The van der Waals surface area contributed by atoms with E-state index in [1.165, 1.54) is 6.21 Å². The van der Waals surface area contributed by atoms with Gasteiger partial charge in [0.15, 0.2) is 6.04 Å². The molecule has 3 aromatic carbocycles. The van der Waals surface area contributed by atoms with Crippen LogP contribution in [-0.4, -0.2) is 28.2 Å². The molecule has 0 saturated heterocycles. The number of nitrogens with zero attached hydrogens (tertiary/aromatic N) is 2. The number of hydrazone groups is 1. The average molecular weight is 494 g/mol. The van der Waals surface area contributed by atoms with E-state index in [0.29, 0.717) is 31.9 Å². The second-order valence-electron chi connectivity index (χ2n) is 7.16. The Morgan fingerprint density at radius 1 is 0.971 bits per heavy atom. The van der Waals surface area contributed by atoms with Crippen molar-refractivity contribution in [3.8, 4) is 0 Å². The summed E-state index contributed by atoms with van der Waals surface area (Å²) in [6.07, 6.45) is 1.35. The molecule has 0 bridgehead atoms. The van der Waals surface area contributed by atoms with Crippen molar-refractivity contribution >= 4 is 52.0 Å². The third kappa shape index (κ3) is 5.14. The molecule has 1 atom stereocenters. The molecule has 0 radical (unpaired) electrons. The maximum atomic E-state index is 13.1. The van der Waals surface area contributed by atoms with E-state index < -0.39 is 23.4 Å². The first-order valence-corrected chi connectivity index (χ1v) is 10.8. The highest BCUT2D eigenvalue weighted by atomic mass is 35.5. The molecule has 0 aliphatic rings. The second-order valence-corrected chi connectivity index (χ2v) is 8.00. The van der Waals surface area contributed by atoms with Gasteiger partial charge in [-0.25, -0.2) is 10.5 Å². The van der Waals surface area contributed by atoms with Crippen LogP contribution in [0, 0.1) is 0 Å². The average Bonchev–Trinajstić information content (AvgIpc) is 2.85. The molecule has 0 aliphatic carbocycles. The minimum atomic E-state index is -1.26. The van der Waals surface area contributed by atoms with Gasteiger partial charge in [-0.2, -0.15) is 10.2 Å². The first-order valence-electron chi connectivity index (χ1n) is 10.1. The highest BCUT2D eigenvalue weighted by Gasteiger charge is 2.27. The summed E-state index contributed by atoms with van der Waals surface area (Å²) >= 11 is 12.0. The minimum absolute atomic E-state index is 0.164. The smallest absolute Gasteiger partial charge is 0.272 e. The molecule has 1 aromatic heterocycles. The first kappa shape index (κ1) is 23.2. The normalized spacial score (nSPS) is 11.9. The number of aromatic amines is 1. The van der Waals surface area contributed by atoms with Crippen LogP contribution in [0.1, 0.15) is 27.7 Å². The van der Waals surface area contributed by atoms with E-state index in [2.05, 4.69) is 26.0 Å². The number of hydrogen-bond donors (Lipinski definition) is 3. The standard InChI is InChI=1S/C24H17Cl2N5O3/c25-16-11-10-15(19(26)12-16)13-27-30-24(34)21(28-22(32)14-6-2-1-3-7-14)20-17-8-4-5-9-18(17)23(33)31-29-20/h1-13,21H,(H,28,32)(H,30,34)(H,31,33)/b27-13+. The van der Waals surface area contributed by atoms with Crippen LogP contribution in [0.25, 0.3) is 10.8 Å². The molecule has 1 heterocycles. The van der Waals surface area contributed by atoms with Gasteiger partial charge in [0.1, 0.15) is 5.69 Å². The van der Waals surface area contributed by atoms with Crippen LogP contribution in [0.2, 0.25) is 10.0 Å². The van der Waals surface area contributed by atoms with Gasteiger partial charge in [-0.3, -0.25) is 14.4 Å². The Balaban J connectivity index is 1.67. The van der Waals surface area contributed by atoms with Gasteiger partial charge in [-0.15, -0.1) is 0 Å². The molecule has 10 heteroatoms. The van der Waals surface area contributed by atoms with E-state index in [-0.39, 0.29) is 5.69 Å².